The zero-order chi connectivity index (χ0) is 13.9. The normalized spacial score (nSPS) is 23.0. The van der Waals surface area contributed by atoms with Gasteiger partial charge in [-0.2, -0.15) is 0 Å². The molecule has 0 aromatic heterocycles. The highest BCUT2D eigenvalue weighted by atomic mass is 16.4. The Labute approximate surface area is 109 Å². The van der Waals surface area contributed by atoms with Gasteiger partial charge in [0.25, 0.3) is 0 Å². The molecule has 0 aliphatic carbocycles. The molecule has 5 heteroatoms. The number of carboxylic acids is 1. The van der Waals surface area contributed by atoms with Gasteiger partial charge in [-0.3, -0.25) is 9.59 Å². The Hall–Kier alpha value is -1.10. The fourth-order valence-corrected chi connectivity index (χ4v) is 2.45. The van der Waals surface area contributed by atoms with Crippen molar-refractivity contribution in [3.05, 3.63) is 0 Å². The molecular weight excluding hydrogens is 232 g/mol. The fourth-order valence-electron chi connectivity index (χ4n) is 2.45. The van der Waals surface area contributed by atoms with E-state index in [0.717, 1.165) is 13.0 Å². The van der Waals surface area contributed by atoms with Crippen molar-refractivity contribution < 1.29 is 14.7 Å². The van der Waals surface area contributed by atoms with Crippen LogP contribution in [0.4, 0.5) is 0 Å². The van der Waals surface area contributed by atoms with E-state index in [1.807, 2.05) is 0 Å². The molecule has 1 amide bonds. The van der Waals surface area contributed by atoms with Gasteiger partial charge in [0.05, 0.1) is 6.42 Å². The van der Waals surface area contributed by atoms with Crippen molar-refractivity contribution in [3.8, 4) is 0 Å². The minimum Gasteiger partial charge on any atom is -0.481 e. The lowest BCUT2D eigenvalue weighted by Gasteiger charge is -2.35. The summed E-state index contributed by atoms with van der Waals surface area (Å²) < 4.78 is 0. The first kappa shape index (κ1) is 15.0. The van der Waals surface area contributed by atoms with Crippen LogP contribution in [0.25, 0.3) is 0 Å². The SMILES string of the molecule is CN(CC1CCN(C)C1(C)C)C(=O)CCC(=O)O. The van der Waals surface area contributed by atoms with E-state index in [2.05, 4.69) is 25.8 Å². The van der Waals surface area contributed by atoms with Crippen molar-refractivity contribution in [3.63, 3.8) is 0 Å². The van der Waals surface area contributed by atoms with E-state index < -0.39 is 5.97 Å². The van der Waals surface area contributed by atoms with Crippen LogP contribution in [0.2, 0.25) is 0 Å². The molecule has 0 bridgehead atoms. The molecule has 1 heterocycles. The van der Waals surface area contributed by atoms with Crippen LogP contribution in [0.3, 0.4) is 0 Å². The van der Waals surface area contributed by atoms with Crippen LogP contribution in [0.5, 0.6) is 0 Å². The van der Waals surface area contributed by atoms with E-state index in [1.54, 1.807) is 11.9 Å². The Morgan fingerprint density at radius 3 is 2.44 bits per heavy atom. The molecular formula is C13H24N2O3. The number of aliphatic carboxylic acids is 1. The third-order valence-corrected chi connectivity index (χ3v) is 4.27. The van der Waals surface area contributed by atoms with Gasteiger partial charge in [0.2, 0.25) is 5.91 Å². The molecule has 18 heavy (non-hydrogen) atoms. The third-order valence-electron chi connectivity index (χ3n) is 4.27. The van der Waals surface area contributed by atoms with E-state index in [-0.39, 0.29) is 24.3 Å². The average Bonchev–Trinajstić information content (AvgIpc) is 2.52. The topological polar surface area (TPSA) is 60.9 Å². The summed E-state index contributed by atoms with van der Waals surface area (Å²) in [6.45, 7) is 6.14. The lowest BCUT2D eigenvalue weighted by Crippen LogP contribution is -2.44. The molecule has 1 unspecified atom stereocenters. The Morgan fingerprint density at radius 2 is 2.00 bits per heavy atom. The van der Waals surface area contributed by atoms with E-state index in [0.29, 0.717) is 12.5 Å². The Morgan fingerprint density at radius 1 is 1.39 bits per heavy atom. The van der Waals surface area contributed by atoms with Crippen molar-refractivity contribution in [2.45, 2.75) is 38.6 Å². The second-order valence-corrected chi connectivity index (χ2v) is 5.73. The van der Waals surface area contributed by atoms with E-state index in [4.69, 9.17) is 5.11 Å². The van der Waals surface area contributed by atoms with Gasteiger partial charge in [0.15, 0.2) is 0 Å². The molecule has 0 radical (unpaired) electrons. The minimum atomic E-state index is -0.919. The summed E-state index contributed by atoms with van der Waals surface area (Å²) in [5.74, 6) is -0.554. The number of hydrogen-bond donors (Lipinski definition) is 1. The molecule has 1 rings (SSSR count). The first-order valence-corrected chi connectivity index (χ1v) is 6.42. The maximum atomic E-state index is 11.8. The number of hydrogen-bond acceptors (Lipinski definition) is 3. The van der Waals surface area contributed by atoms with Gasteiger partial charge in [-0.15, -0.1) is 0 Å². The van der Waals surface area contributed by atoms with Crippen LogP contribution in [-0.2, 0) is 9.59 Å². The summed E-state index contributed by atoms with van der Waals surface area (Å²) >= 11 is 0. The fraction of sp³-hybridized carbons (Fsp3) is 0.846. The number of carbonyl (C=O) groups is 2. The molecule has 1 atom stereocenters. The molecule has 5 nitrogen and oxygen atoms in total. The number of rotatable bonds is 5. The Bertz CT molecular complexity index is 328. The highest BCUT2D eigenvalue weighted by Crippen LogP contribution is 2.33. The number of carbonyl (C=O) groups excluding carboxylic acids is 1. The van der Waals surface area contributed by atoms with Crippen molar-refractivity contribution in [2.75, 3.05) is 27.2 Å². The summed E-state index contributed by atoms with van der Waals surface area (Å²) in [6.07, 6.45) is 1.09. The molecule has 0 spiro atoms. The van der Waals surface area contributed by atoms with Crippen molar-refractivity contribution in [2.24, 2.45) is 5.92 Å². The average molecular weight is 256 g/mol. The smallest absolute Gasteiger partial charge is 0.303 e. The maximum Gasteiger partial charge on any atom is 0.303 e. The maximum absolute atomic E-state index is 11.8. The lowest BCUT2D eigenvalue weighted by atomic mass is 9.88. The van der Waals surface area contributed by atoms with Crippen LogP contribution < -0.4 is 0 Å². The predicted octanol–water partition coefficient (Wildman–Crippen LogP) is 1.04. The van der Waals surface area contributed by atoms with Crippen LogP contribution >= 0.6 is 0 Å². The van der Waals surface area contributed by atoms with Crippen LogP contribution in [0.1, 0.15) is 33.1 Å². The molecule has 1 aliphatic rings. The second kappa shape index (κ2) is 5.69. The van der Waals surface area contributed by atoms with E-state index in [9.17, 15) is 9.59 Å². The molecule has 0 aromatic rings. The molecule has 0 aromatic carbocycles. The Kier molecular flexibility index (Phi) is 4.73. The lowest BCUT2D eigenvalue weighted by molar-refractivity contribution is -0.140. The molecule has 1 N–H and O–H groups in total. The van der Waals surface area contributed by atoms with Crippen LogP contribution in [0, 0.1) is 5.92 Å². The van der Waals surface area contributed by atoms with Gasteiger partial charge in [-0.05, 0) is 39.8 Å². The van der Waals surface area contributed by atoms with Crippen molar-refractivity contribution in [1.29, 1.82) is 0 Å². The standard InChI is InChI=1S/C13H24N2O3/c1-13(2)10(7-8-15(13)4)9-14(3)11(16)5-6-12(17)18/h10H,5-9H2,1-4H3,(H,17,18). The van der Waals surface area contributed by atoms with Gasteiger partial charge in [0.1, 0.15) is 0 Å². The number of amides is 1. The van der Waals surface area contributed by atoms with E-state index in [1.165, 1.54) is 0 Å². The summed E-state index contributed by atoms with van der Waals surface area (Å²) in [7, 11) is 3.87. The highest BCUT2D eigenvalue weighted by Gasteiger charge is 2.39. The number of carboxylic acid groups (broad SMARTS) is 1. The molecule has 1 aliphatic heterocycles. The van der Waals surface area contributed by atoms with Crippen molar-refractivity contribution >= 4 is 11.9 Å². The van der Waals surface area contributed by atoms with Gasteiger partial charge in [0, 0.05) is 25.6 Å². The Balaban J connectivity index is 2.47. The predicted molar refractivity (Wildman–Crippen MR) is 69.3 cm³/mol. The first-order valence-electron chi connectivity index (χ1n) is 6.42. The molecule has 104 valence electrons. The number of nitrogens with zero attached hydrogens (tertiary/aromatic N) is 2. The zero-order valence-corrected chi connectivity index (χ0v) is 11.8. The van der Waals surface area contributed by atoms with Gasteiger partial charge in [-0.1, -0.05) is 0 Å². The van der Waals surface area contributed by atoms with E-state index >= 15 is 0 Å². The summed E-state index contributed by atoms with van der Waals surface area (Å²) in [4.78, 5) is 26.2. The quantitative estimate of drug-likeness (QED) is 0.798. The second-order valence-electron chi connectivity index (χ2n) is 5.73. The van der Waals surface area contributed by atoms with Crippen LogP contribution in [-0.4, -0.2) is 59.5 Å². The third kappa shape index (κ3) is 3.45. The summed E-state index contributed by atoms with van der Waals surface area (Å²) in [5, 5.41) is 8.57. The molecule has 1 fully saturated rings. The largest absolute Gasteiger partial charge is 0.481 e. The van der Waals surface area contributed by atoms with Gasteiger partial charge < -0.3 is 14.9 Å². The summed E-state index contributed by atoms with van der Waals surface area (Å²) in [5.41, 5.74) is 0.0985. The minimum absolute atomic E-state index is 0.0808. The first-order chi connectivity index (χ1) is 8.25. The van der Waals surface area contributed by atoms with Crippen LogP contribution in [0.15, 0.2) is 0 Å². The number of likely N-dealkylation sites (tertiary alicyclic amines) is 1. The monoisotopic (exact) mass is 256 g/mol. The molecule has 0 saturated carbocycles. The summed E-state index contributed by atoms with van der Waals surface area (Å²) in [6, 6.07) is 0. The highest BCUT2D eigenvalue weighted by molar-refractivity contribution is 5.80. The molecule has 1 saturated heterocycles. The van der Waals surface area contributed by atoms with Crippen molar-refractivity contribution in [1.82, 2.24) is 9.80 Å². The van der Waals surface area contributed by atoms with Gasteiger partial charge >= 0.3 is 5.97 Å². The van der Waals surface area contributed by atoms with Gasteiger partial charge in [-0.25, -0.2) is 0 Å². The zero-order valence-electron chi connectivity index (χ0n) is 11.8.